The molecule has 1 heterocycles. The van der Waals surface area contributed by atoms with Crippen molar-refractivity contribution in [2.45, 2.75) is 18.1 Å². The Hall–Kier alpha value is -1.49. The first-order valence-corrected chi connectivity index (χ1v) is 5.43. The molecule has 0 saturated heterocycles. The Kier molecular flexibility index (Phi) is 4.17. The van der Waals surface area contributed by atoms with Crippen molar-refractivity contribution in [1.82, 2.24) is 4.98 Å². The highest BCUT2D eigenvalue weighted by molar-refractivity contribution is 9.08. The molecule has 4 nitrogen and oxygen atoms in total. The number of ether oxygens (including phenoxy) is 1. The van der Waals surface area contributed by atoms with E-state index in [4.69, 9.17) is 5.26 Å². The molecule has 1 rings (SSSR count). The average Bonchev–Trinajstić information content (AvgIpc) is 2.22. The van der Waals surface area contributed by atoms with Gasteiger partial charge in [-0.15, -0.1) is 13.2 Å². The standard InChI is InChI=1S/C9H6BrF3N2O2/c10-3-5-4-15-8(16)6(1-2-14)7(5)17-9(11,12)13/h4H,1,3H2,(H,15,16). The van der Waals surface area contributed by atoms with E-state index in [-0.39, 0.29) is 16.5 Å². The second-order valence-corrected chi connectivity index (χ2v) is 3.53. The number of aromatic amines is 1. The zero-order chi connectivity index (χ0) is 13.1. The summed E-state index contributed by atoms with van der Waals surface area (Å²) in [5.41, 5.74) is -0.982. The lowest BCUT2D eigenvalue weighted by molar-refractivity contribution is -0.275. The Labute approximate surface area is 102 Å². The van der Waals surface area contributed by atoms with Crippen LogP contribution in [0.1, 0.15) is 11.1 Å². The van der Waals surface area contributed by atoms with Crippen LogP contribution >= 0.6 is 15.9 Å². The van der Waals surface area contributed by atoms with Gasteiger partial charge in [0.2, 0.25) is 0 Å². The number of hydrogen-bond donors (Lipinski definition) is 1. The lowest BCUT2D eigenvalue weighted by Crippen LogP contribution is -2.23. The van der Waals surface area contributed by atoms with Gasteiger partial charge in [0.25, 0.3) is 5.56 Å². The van der Waals surface area contributed by atoms with Crippen LogP contribution in [-0.2, 0) is 11.8 Å². The molecule has 0 aliphatic carbocycles. The van der Waals surface area contributed by atoms with E-state index in [1.807, 2.05) is 0 Å². The molecule has 0 aliphatic rings. The predicted molar refractivity (Wildman–Crippen MR) is 55.7 cm³/mol. The highest BCUT2D eigenvalue weighted by Gasteiger charge is 2.33. The van der Waals surface area contributed by atoms with Crippen LogP contribution in [0.3, 0.4) is 0 Å². The van der Waals surface area contributed by atoms with Crippen molar-refractivity contribution in [3.8, 4) is 11.8 Å². The quantitative estimate of drug-likeness (QED) is 0.871. The topological polar surface area (TPSA) is 65.9 Å². The van der Waals surface area contributed by atoms with Gasteiger partial charge >= 0.3 is 6.36 Å². The lowest BCUT2D eigenvalue weighted by Gasteiger charge is -2.14. The molecule has 17 heavy (non-hydrogen) atoms. The highest BCUT2D eigenvalue weighted by Crippen LogP contribution is 2.29. The van der Waals surface area contributed by atoms with Gasteiger partial charge in [0.05, 0.1) is 18.1 Å². The summed E-state index contributed by atoms with van der Waals surface area (Å²) in [5, 5.41) is 8.54. The van der Waals surface area contributed by atoms with Gasteiger partial charge in [-0.25, -0.2) is 0 Å². The first-order valence-electron chi connectivity index (χ1n) is 4.31. The molecule has 1 aromatic heterocycles. The van der Waals surface area contributed by atoms with Crippen LogP contribution < -0.4 is 10.3 Å². The largest absolute Gasteiger partial charge is 0.573 e. The minimum atomic E-state index is -4.91. The van der Waals surface area contributed by atoms with Gasteiger partial charge in [0, 0.05) is 17.1 Å². The van der Waals surface area contributed by atoms with Gasteiger partial charge in [0.1, 0.15) is 5.75 Å². The van der Waals surface area contributed by atoms with E-state index in [2.05, 4.69) is 25.7 Å². The van der Waals surface area contributed by atoms with Crippen LogP contribution in [0, 0.1) is 11.3 Å². The van der Waals surface area contributed by atoms with Crippen molar-refractivity contribution >= 4 is 15.9 Å². The molecular formula is C9H6BrF3N2O2. The number of nitrogens with one attached hydrogen (secondary N) is 1. The van der Waals surface area contributed by atoms with Gasteiger partial charge in [-0.1, -0.05) is 15.9 Å². The number of H-pyrrole nitrogens is 1. The van der Waals surface area contributed by atoms with E-state index in [9.17, 15) is 18.0 Å². The molecule has 0 unspecified atom stereocenters. The summed E-state index contributed by atoms with van der Waals surface area (Å²) < 4.78 is 40.3. The summed E-state index contributed by atoms with van der Waals surface area (Å²) in [6.07, 6.45) is -4.25. The van der Waals surface area contributed by atoms with Gasteiger partial charge in [-0.3, -0.25) is 4.79 Å². The summed E-state index contributed by atoms with van der Waals surface area (Å²) in [4.78, 5) is 13.6. The van der Waals surface area contributed by atoms with E-state index in [1.165, 1.54) is 0 Å². The van der Waals surface area contributed by atoms with Crippen molar-refractivity contribution in [2.75, 3.05) is 0 Å². The van der Waals surface area contributed by atoms with E-state index in [0.29, 0.717) is 0 Å². The van der Waals surface area contributed by atoms with Gasteiger partial charge < -0.3 is 9.72 Å². The van der Waals surface area contributed by atoms with Crippen molar-refractivity contribution < 1.29 is 17.9 Å². The number of rotatable bonds is 3. The van der Waals surface area contributed by atoms with Crippen molar-refractivity contribution in [1.29, 1.82) is 5.26 Å². The molecule has 0 atom stereocenters. The number of hydrogen-bond acceptors (Lipinski definition) is 3. The smallest absolute Gasteiger partial charge is 0.405 e. The Bertz CT molecular complexity index is 504. The number of halogens is 4. The third kappa shape index (κ3) is 3.49. The minimum absolute atomic E-state index is 0.0631. The molecule has 0 saturated carbocycles. The summed E-state index contributed by atoms with van der Waals surface area (Å²) >= 11 is 2.97. The fourth-order valence-electron chi connectivity index (χ4n) is 1.18. The number of alkyl halides is 4. The minimum Gasteiger partial charge on any atom is -0.405 e. The molecular weight excluding hydrogens is 305 g/mol. The van der Waals surface area contributed by atoms with Crippen molar-refractivity contribution in [3.05, 3.63) is 27.7 Å². The Morgan fingerprint density at radius 1 is 1.53 bits per heavy atom. The number of aromatic nitrogens is 1. The second kappa shape index (κ2) is 5.23. The predicted octanol–water partition coefficient (Wildman–Crippen LogP) is 2.23. The van der Waals surface area contributed by atoms with Crippen molar-refractivity contribution in [2.24, 2.45) is 0 Å². The van der Waals surface area contributed by atoms with Crippen LogP contribution in [0.4, 0.5) is 13.2 Å². The van der Waals surface area contributed by atoms with Gasteiger partial charge in [-0.2, -0.15) is 5.26 Å². The molecule has 0 bridgehead atoms. The maximum atomic E-state index is 12.2. The molecule has 0 radical (unpaired) electrons. The van der Waals surface area contributed by atoms with Crippen LogP contribution in [-0.4, -0.2) is 11.3 Å². The number of nitriles is 1. The third-order valence-corrected chi connectivity index (χ3v) is 2.44. The lowest BCUT2D eigenvalue weighted by atomic mass is 10.1. The molecule has 0 amide bonds. The zero-order valence-corrected chi connectivity index (χ0v) is 9.85. The molecule has 0 spiro atoms. The molecule has 0 fully saturated rings. The van der Waals surface area contributed by atoms with E-state index in [1.54, 1.807) is 6.07 Å². The fraction of sp³-hybridized carbons (Fsp3) is 0.333. The summed E-state index contributed by atoms with van der Waals surface area (Å²) in [7, 11) is 0. The van der Waals surface area contributed by atoms with Crippen LogP contribution in [0.15, 0.2) is 11.0 Å². The van der Waals surface area contributed by atoms with Gasteiger partial charge in [0.15, 0.2) is 0 Å². The van der Waals surface area contributed by atoms with E-state index in [0.717, 1.165) is 6.20 Å². The molecule has 8 heteroatoms. The number of nitrogens with zero attached hydrogens (tertiary/aromatic N) is 1. The first-order chi connectivity index (χ1) is 7.89. The van der Waals surface area contributed by atoms with Crippen LogP contribution in [0.25, 0.3) is 0 Å². The molecule has 1 N–H and O–H groups in total. The Morgan fingerprint density at radius 2 is 2.18 bits per heavy atom. The fourth-order valence-corrected chi connectivity index (χ4v) is 1.60. The SMILES string of the molecule is N#CCc1c(OC(F)(F)F)c(CBr)c[nH]c1=O. The van der Waals surface area contributed by atoms with Gasteiger partial charge in [-0.05, 0) is 0 Å². The van der Waals surface area contributed by atoms with E-state index >= 15 is 0 Å². The third-order valence-electron chi connectivity index (χ3n) is 1.83. The first kappa shape index (κ1) is 13.6. The monoisotopic (exact) mass is 310 g/mol. The maximum absolute atomic E-state index is 12.2. The van der Waals surface area contributed by atoms with Crippen molar-refractivity contribution in [3.63, 3.8) is 0 Å². The highest BCUT2D eigenvalue weighted by atomic mass is 79.9. The zero-order valence-electron chi connectivity index (χ0n) is 8.27. The van der Waals surface area contributed by atoms with Crippen LogP contribution in [0.5, 0.6) is 5.75 Å². The van der Waals surface area contributed by atoms with Crippen LogP contribution in [0.2, 0.25) is 0 Å². The molecule has 0 aliphatic heterocycles. The second-order valence-electron chi connectivity index (χ2n) is 2.97. The summed E-state index contributed by atoms with van der Waals surface area (Å²) in [5.74, 6) is -0.611. The molecule has 92 valence electrons. The number of pyridine rings is 1. The van der Waals surface area contributed by atoms with E-state index < -0.39 is 24.1 Å². The maximum Gasteiger partial charge on any atom is 0.573 e. The average molecular weight is 311 g/mol. The Morgan fingerprint density at radius 3 is 2.65 bits per heavy atom. The Balaban J connectivity index is 3.36. The molecule has 0 aromatic carbocycles. The normalized spacial score (nSPS) is 11.0. The summed E-state index contributed by atoms with van der Waals surface area (Å²) in [6, 6.07) is 1.62. The summed E-state index contributed by atoms with van der Waals surface area (Å²) in [6.45, 7) is 0. The molecule has 1 aromatic rings.